The maximum atomic E-state index is 13.3. The Bertz CT molecular complexity index is 1500. The second-order valence-corrected chi connectivity index (χ2v) is 8.57. The summed E-state index contributed by atoms with van der Waals surface area (Å²) < 4.78 is 16.3. The number of amides is 1. The number of rotatable bonds is 4. The number of aromatic amines is 1. The maximum absolute atomic E-state index is 13.3. The van der Waals surface area contributed by atoms with Crippen LogP contribution < -0.4 is 10.4 Å². The minimum absolute atomic E-state index is 0.244. The van der Waals surface area contributed by atoms with Crippen LogP contribution in [-0.4, -0.2) is 41.5 Å². The molecule has 34 heavy (non-hydrogen) atoms. The van der Waals surface area contributed by atoms with Crippen LogP contribution in [0.1, 0.15) is 22.4 Å². The van der Waals surface area contributed by atoms with Gasteiger partial charge in [-0.3, -0.25) is 4.79 Å². The van der Waals surface area contributed by atoms with E-state index in [1.807, 2.05) is 31.2 Å². The fourth-order valence-electron chi connectivity index (χ4n) is 4.73. The SMILES string of the molecule is COC(=O)[C@@H]1Cc2c([nH]c3ccccc23)CN1C(=O)COc1cc(C)cc2oc(=O)cc(C)c12. The molecule has 8 nitrogen and oxygen atoms in total. The third-order valence-electron chi connectivity index (χ3n) is 6.30. The summed E-state index contributed by atoms with van der Waals surface area (Å²) in [5.41, 5.74) is 4.37. The van der Waals surface area contributed by atoms with Crippen molar-refractivity contribution in [1.82, 2.24) is 9.88 Å². The van der Waals surface area contributed by atoms with Crippen molar-refractivity contribution in [2.75, 3.05) is 13.7 Å². The van der Waals surface area contributed by atoms with Crippen LogP contribution >= 0.6 is 0 Å². The molecule has 0 bridgehead atoms. The van der Waals surface area contributed by atoms with Gasteiger partial charge in [0.1, 0.15) is 17.4 Å². The molecule has 0 fully saturated rings. The summed E-state index contributed by atoms with van der Waals surface area (Å²) in [7, 11) is 1.32. The van der Waals surface area contributed by atoms with Gasteiger partial charge < -0.3 is 23.8 Å². The molecule has 1 atom stereocenters. The summed E-state index contributed by atoms with van der Waals surface area (Å²) in [5.74, 6) is -0.366. The molecule has 5 rings (SSSR count). The zero-order valence-electron chi connectivity index (χ0n) is 19.1. The average molecular weight is 460 g/mol. The van der Waals surface area contributed by atoms with Crippen LogP contribution in [0.15, 0.2) is 51.7 Å². The highest BCUT2D eigenvalue weighted by Gasteiger charge is 2.37. The van der Waals surface area contributed by atoms with Gasteiger partial charge in [0, 0.05) is 29.1 Å². The van der Waals surface area contributed by atoms with Crippen LogP contribution in [0.4, 0.5) is 0 Å². The standard InChI is InChI=1S/C26H24N2O6/c1-14-8-21(25-15(2)10-24(30)34-22(25)9-14)33-13-23(29)28-12-19-17(11-20(28)26(31)32-3)16-6-4-5-7-18(16)27-19/h4-10,20,27H,11-13H2,1-3H3/t20-/m0/s1. The van der Waals surface area contributed by atoms with Gasteiger partial charge >= 0.3 is 11.6 Å². The molecule has 1 N–H and O–H groups in total. The van der Waals surface area contributed by atoms with Crippen molar-refractivity contribution in [3.05, 3.63) is 75.3 Å². The van der Waals surface area contributed by atoms with E-state index in [0.29, 0.717) is 28.7 Å². The van der Waals surface area contributed by atoms with Gasteiger partial charge in [-0.15, -0.1) is 0 Å². The summed E-state index contributed by atoms with van der Waals surface area (Å²) in [6.45, 7) is 3.61. The molecule has 0 aliphatic carbocycles. The topological polar surface area (TPSA) is 102 Å². The first kappa shape index (κ1) is 21.8. The summed E-state index contributed by atoms with van der Waals surface area (Å²) in [4.78, 5) is 42.5. The van der Waals surface area contributed by atoms with Gasteiger partial charge in [0.2, 0.25) is 0 Å². The van der Waals surface area contributed by atoms with Crippen molar-refractivity contribution in [2.45, 2.75) is 32.9 Å². The summed E-state index contributed by atoms with van der Waals surface area (Å²) >= 11 is 0. The molecule has 2 aromatic carbocycles. The molecular weight excluding hydrogens is 436 g/mol. The molecule has 0 radical (unpaired) electrons. The first-order chi connectivity index (χ1) is 16.4. The average Bonchev–Trinajstić information content (AvgIpc) is 3.18. The molecule has 2 aromatic heterocycles. The molecule has 3 heterocycles. The van der Waals surface area contributed by atoms with Crippen LogP contribution in [0.5, 0.6) is 5.75 Å². The van der Waals surface area contributed by atoms with Gasteiger partial charge in [-0.1, -0.05) is 18.2 Å². The molecule has 0 saturated carbocycles. The maximum Gasteiger partial charge on any atom is 0.336 e. The minimum Gasteiger partial charge on any atom is -0.483 e. The van der Waals surface area contributed by atoms with E-state index in [4.69, 9.17) is 13.9 Å². The van der Waals surface area contributed by atoms with Crippen molar-refractivity contribution < 1.29 is 23.5 Å². The third kappa shape index (κ3) is 3.71. The molecule has 8 heteroatoms. The first-order valence-corrected chi connectivity index (χ1v) is 11.0. The normalized spacial score (nSPS) is 15.4. The Labute approximate surface area is 195 Å². The molecule has 0 saturated heterocycles. The van der Waals surface area contributed by atoms with Crippen LogP contribution in [0.2, 0.25) is 0 Å². The number of nitrogens with one attached hydrogen (secondary N) is 1. The predicted octanol–water partition coefficient (Wildman–Crippen LogP) is 3.40. The van der Waals surface area contributed by atoms with Crippen molar-refractivity contribution in [3.8, 4) is 5.75 Å². The first-order valence-electron chi connectivity index (χ1n) is 11.0. The van der Waals surface area contributed by atoms with E-state index < -0.39 is 17.6 Å². The highest BCUT2D eigenvalue weighted by Crippen LogP contribution is 2.32. The lowest BCUT2D eigenvalue weighted by atomic mass is 9.96. The third-order valence-corrected chi connectivity index (χ3v) is 6.30. The van der Waals surface area contributed by atoms with Gasteiger partial charge in [0.25, 0.3) is 5.91 Å². The van der Waals surface area contributed by atoms with Crippen molar-refractivity contribution >= 4 is 33.7 Å². The number of aromatic nitrogens is 1. The Morgan fingerprint density at radius 1 is 1.18 bits per heavy atom. The number of esters is 1. The van der Waals surface area contributed by atoms with Crippen molar-refractivity contribution in [2.24, 2.45) is 0 Å². The number of hydrogen-bond acceptors (Lipinski definition) is 6. The van der Waals surface area contributed by atoms with Crippen LogP contribution in [0.25, 0.3) is 21.9 Å². The van der Waals surface area contributed by atoms with Crippen molar-refractivity contribution in [3.63, 3.8) is 0 Å². The van der Waals surface area contributed by atoms with Crippen LogP contribution in [-0.2, 0) is 27.3 Å². The molecule has 174 valence electrons. The smallest absolute Gasteiger partial charge is 0.336 e. The Hall–Kier alpha value is -4.07. The number of methoxy groups -OCH3 is 1. The van der Waals surface area contributed by atoms with Crippen molar-refractivity contribution in [1.29, 1.82) is 0 Å². The van der Waals surface area contributed by atoms with E-state index in [0.717, 1.165) is 27.7 Å². The molecule has 4 aromatic rings. The number of fused-ring (bicyclic) bond motifs is 4. The largest absolute Gasteiger partial charge is 0.483 e. The molecule has 0 unspecified atom stereocenters. The number of carbonyl (C=O) groups is 2. The summed E-state index contributed by atoms with van der Waals surface area (Å²) in [5, 5.41) is 1.68. The molecule has 1 amide bonds. The number of carbonyl (C=O) groups excluding carboxylic acids is 2. The van der Waals surface area contributed by atoms with E-state index in [2.05, 4.69) is 4.98 Å². The predicted molar refractivity (Wildman–Crippen MR) is 126 cm³/mol. The van der Waals surface area contributed by atoms with E-state index in [1.165, 1.54) is 18.1 Å². The quantitative estimate of drug-likeness (QED) is 0.370. The van der Waals surface area contributed by atoms with Gasteiger partial charge in [-0.05, 0) is 48.7 Å². The summed E-state index contributed by atoms with van der Waals surface area (Å²) in [6, 6.07) is 12.1. The van der Waals surface area contributed by atoms with E-state index in [9.17, 15) is 14.4 Å². The van der Waals surface area contributed by atoms with Gasteiger partial charge in [0.05, 0.1) is 19.0 Å². The Morgan fingerprint density at radius 2 is 1.97 bits per heavy atom. The number of aryl methyl sites for hydroxylation is 2. The number of H-pyrrole nitrogens is 1. The Morgan fingerprint density at radius 3 is 2.76 bits per heavy atom. The Kier molecular flexibility index (Phi) is 5.36. The highest BCUT2D eigenvalue weighted by atomic mass is 16.5. The van der Waals surface area contributed by atoms with Gasteiger partial charge in [-0.2, -0.15) is 0 Å². The van der Waals surface area contributed by atoms with Gasteiger partial charge in [-0.25, -0.2) is 9.59 Å². The van der Waals surface area contributed by atoms with E-state index in [-0.39, 0.29) is 19.1 Å². The Balaban J connectivity index is 1.45. The number of benzene rings is 2. The molecule has 1 aliphatic rings. The second kappa shape index (κ2) is 8.37. The zero-order chi connectivity index (χ0) is 24.0. The van der Waals surface area contributed by atoms with Crippen LogP contribution in [0, 0.1) is 13.8 Å². The monoisotopic (exact) mass is 460 g/mol. The minimum atomic E-state index is -0.748. The number of ether oxygens (including phenoxy) is 2. The number of nitrogens with zero attached hydrogens (tertiary/aromatic N) is 1. The molecule has 0 spiro atoms. The molecule has 1 aliphatic heterocycles. The lowest BCUT2D eigenvalue weighted by Crippen LogP contribution is -2.50. The van der Waals surface area contributed by atoms with E-state index >= 15 is 0 Å². The lowest BCUT2D eigenvalue weighted by Gasteiger charge is -2.33. The second-order valence-electron chi connectivity index (χ2n) is 8.57. The number of para-hydroxylation sites is 1. The van der Waals surface area contributed by atoms with Gasteiger partial charge in [0.15, 0.2) is 6.61 Å². The van der Waals surface area contributed by atoms with E-state index in [1.54, 1.807) is 19.1 Å². The highest BCUT2D eigenvalue weighted by molar-refractivity contribution is 5.91. The summed E-state index contributed by atoms with van der Waals surface area (Å²) in [6.07, 6.45) is 0.357. The fourth-order valence-corrected chi connectivity index (χ4v) is 4.73. The zero-order valence-corrected chi connectivity index (χ0v) is 19.1. The fraction of sp³-hybridized carbons (Fsp3) is 0.269. The number of hydrogen-bond donors (Lipinski definition) is 1. The lowest BCUT2D eigenvalue weighted by molar-refractivity contribution is -0.154. The van der Waals surface area contributed by atoms with Crippen LogP contribution in [0.3, 0.4) is 0 Å². The molecular formula is C26H24N2O6.